The first kappa shape index (κ1) is 11.4. The van der Waals surface area contributed by atoms with Crippen LogP contribution in [-0.2, 0) is 6.54 Å². The molecule has 0 bridgehead atoms. The van der Waals surface area contributed by atoms with Gasteiger partial charge in [0.05, 0.1) is 10.2 Å². The molecular weight excluding hydrogens is 266 g/mol. The van der Waals surface area contributed by atoms with Gasteiger partial charge in [0.1, 0.15) is 5.82 Å². The first-order chi connectivity index (χ1) is 8.83. The topological polar surface area (TPSA) is 37.8 Å². The molecule has 2 aromatic heterocycles. The normalized spacial score (nSPS) is 10.7. The van der Waals surface area contributed by atoms with Gasteiger partial charge in [0.2, 0.25) is 5.28 Å². The summed E-state index contributed by atoms with van der Waals surface area (Å²) >= 11 is 7.52. The molecule has 18 heavy (non-hydrogen) atoms. The van der Waals surface area contributed by atoms with E-state index in [4.69, 9.17) is 11.6 Å². The number of rotatable bonds is 3. The molecule has 1 N–H and O–H groups in total. The summed E-state index contributed by atoms with van der Waals surface area (Å²) in [5.74, 6) is 0.795. The van der Waals surface area contributed by atoms with E-state index in [2.05, 4.69) is 27.4 Å². The molecule has 0 fully saturated rings. The highest BCUT2D eigenvalue weighted by molar-refractivity contribution is 7.17. The van der Waals surface area contributed by atoms with Crippen LogP contribution in [-0.4, -0.2) is 9.97 Å². The van der Waals surface area contributed by atoms with Gasteiger partial charge in [0.15, 0.2) is 0 Å². The minimum absolute atomic E-state index is 0.275. The van der Waals surface area contributed by atoms with E-state index in [1.54, 1.807) is 11.3 Å². The zero-order valence-corrected chi connectivity index (χ0v) is 11.0. The third kappa shape index (κ3) is 2.30. The van der Waals surface area contributed by atoms with Crippen LogP contribution in [0.3, 0.4) is 0 Å². The largest absolute Gasteiger partial charge is 0.365 e. The van der Waals surface area contributed by atoms with Crippen LogP contribution in [0.25, 0.3) is 10.2 Å². The molecule has 3 rings (SSSR count). The van der Waals surface area contributed by atoms with Crippen LogP contribution in [0.2, 0.25) is 5.28 Å². The Morgan fingerprint density at radius 3 is 2.78 bits per heavy atom. The second-order valence-corrected chi connectivity index (χ2v) is 5.07. The molecule has 0 aliphatic heterocycles. The average molecular weight is 276 g/mol. The first-order valence-electron chi connectivity index (χ1n) is 5.51. The lowest BCUT2D eigenvalue weighted by atomic mass is 10.2. The summed E-state index contributed by atoms with van der Waals surface area (Å²) < 4.78 is 1.04. The Hall–Kier alpha value is -1.65. The average Bonchev–Trinajstić information content (AvgIpc) is 2.85. The van der Waals surface area contributed by atoms with Crippen molar-refractivity contribution in [2.75, 3.05) is 5.32 Å². The maximum atomic E-state index is 5.90. The van der Waals surface area contributed by atoms with E-state index in [0.29, 0.717) is 0 Å². The highest BCUT2D eigenvalue weighted by Gasteiger charge is 2.07. The molecule has 0 spiro atoms. The van der Waals surface area contributed by atoms with Crippen molar-refractivity contribution in [3.63, 3.8) is 0 Å². The van der Waals surface area contributed by atoms with Crippen LogP contribution in [0.15, 0.2) is 41.8 Å². The van der Waals surface area contributed by atoms with Gasteiger partial charge in [-0.15, -0.1) is 11.3 Å². The van der Waals surface area contributed by atoms with Crippen LogP contribution >= 0.6 is 22.9 Å². The predicted molar refractivity (Wildman–Crippen MR) is 76.2 cm³/mol. The van der Waals surface area contributed by atoms with Gasteiger partial charge in [-0.1, -0.05) is 30.3 Å². The van der Waals surface area contributed by atoms with Crippen molar-refractivity contribution < 1.29 is 0 Å². The Bertz CT molecular complexity index is 666. The molecule has 0 saturated heterocycles. The highest BCUT2D eigenvalue weighted by atomic mass is 35.5. The SMILES string of the molecule is Clc1nc(NCc2ccccc2)c2sccc2n1. The quantitative estimate of drug-likeness (QED) is 0.735. The second-order valence-electron chi connectivity index (χ2n) is 3.82. The molecule has 0 aliphatic rings. The smallest absolute Gasteiger partial charge is 0.224 e. The number of anilines is 1. The predicted octanol–water partition coefficient (Wildman–Crippen LogP) is 3.96. The third-order valence-corrected chi connectivity index (χ3v) is 3.66. The molecule has 2 heterocycles. The van der Waals surface area contributed by atoms with E-state index in [9.17, 15) is 0 Å². The van der Waals surface area contributed by atoms with E-state index in [-0.39, 0.29) is 5.28 Å². The second kappa shape index (κ2) is 4.92. The zero-order valence-electron chi connectivity index (χ0n) is 9.43. The third-order valence-electron chi connectivity index (χ3n) is 2.58. The molecule has 0 atom stereocenters. The Morgan fingerprint density at radius 1 is 1.11 bits per heavy atom. The Kier molecular flexibility index (Phi) is 3.13. The minimum Gasteiger partial charge on any atom is -0.365 e. The van der Waals surface area contributed by atoms with Crippen LogP contribution in [0.5, 0.6) is 0 Å². The van der Waals surface area contributed by atoms with E-state index in [0.717, 1.165) is 22.6 Å². The summed E-state index contributed by atoms with van der Waals surface area (Å²) in [6.07, 6.45) is 0. The van der Waals surface area contributed by atoms with Gasteiger partial charge in [-0.05, 0) is 28.6 Å². The minimum atomic E-state index is 0.275. The van der Waals surface area contributed by atoms with Crippen molar-refractivity contribution in [1.82, 2.24) is 9.97 Å². The summed E-state index contributed by atoms with van der Waals surface area (Å²) in [6.45, 7) is 0.723. The van der Waals surface area contributed by atoms with Crippen LogP contribution < -0.4 is 5.32 Å². The summed E-state index contributed by atoms with van der Waals surface area (Å²) in [5, 5.41) is 5.57. The van der Waals surface area contributed by atoms with Gasteiger partial charge in [0.25, 0.3) is 0 Å². The standard InChI is InChI=1S/C13H10ClN3S/c14-13-16-10-6-7-18-11(10)12(17-13)15-8-9-4-2-1-3-5-9/h1-7H,8H2,(H,15,16,17). The zero-order chi connectivity index (χ0) is 12.4. The molecule has 3 nitrogen and oxygen atoms in total. The molecule has 5 heteroatoms. The van der Waals surface area contributed by atoms with Gasteiger partial charge in [-0.25, -0.2) is 4.98 Å². The first-order valence-corrected chi connectivity index (χ1v) is 6.77. The maximum absolute atomic E-state index is 5.90. The number of hydrogen-bond acceptors (Lipinski definition) is 4. The fraction of sp³-hybridized carbons (Fsp3) is 0.0769. The van der Waals surface area contributed by atoms with Crippen molar-refractivity contribution in [3.8, 4) is 0 Å². The Morgan fingerprint density at radius 2 is 1.94 bits per heavy atom. The van der Waals surface area contributed by atoms with Gasteiger partial charge in [-0.3, -0.25) is 0 Å². The molecule has 0 unspecified atom stereocenters. The van der Waals surface area contributed by atoms with Crippen molar-refractivity contribution in [3.05, 3.63) is 52.6 Å². The van der Waals surface area contributed by atoms with Crippen molar-refractivity contribution in [2.45, 2.75) is 6.54 Å². The van der Waals surface area contributed by atoms with Crippen molar-refractivity contribution in [2.24, 2.45) is 0 Å². The molecular formula is C13H10ClN3S. The molecule has 1 aromatic carbocycles. The van der Waals surface area contributed by atoms with E-state index >= 15 is 0 Å². The van der Waals surface area contributed by atoms with Crippen LogP contribution in [0.4, 0.5) is 5.82 Å². The van der Waals surface area contributed by atoms with Crippen molar-refractivity contribution in [1.29, 1.82) is 0 Å². The fourth-order valence-electron chi connectivity index (χ4n) is 1.74. The summed E-state index contributed by atoms with van der Waals surface area (Å²) in [5.41, 5.74) is 2.09. The van der Waals surface area contributed by atoms with E-state index < -0.39 is 0 Å². The summed E-state index contributed by atoms with van der Waals surface area (Å²) in [6, 6.07) is 12.1. The number of fused-ring (bicyclic) bond motifs is 1. The van der Waals surface area contributed by atoms with Gasteiger partial charge in [0, 0.05) is 6.54 Å². The number of nitrogens with zero attached hydrogens (tertiary/aromatic N) is 2. The van der Waals surface area contributed by atoms with E-state index in [1.807, 2.05) is 29.6 Å². The monoisotopic (exact) mass is 275 g/mol. The lowest BCUT2D eigenvalue weighted by Crippen LogP contribution is -2.02. The Balaban J connectivity index is 1.88. The Labute approximate surface area is 113 Å². The number of nitrogens with one attached hydrogen (secondary N) is 1. The molecule has 90 valence electrons. The van der Waals surface area contributed by atoms with Crippen LogP contribution in [0.1, 0.15) is 5.56 Å². The fourth-order valence-corrected chi connectivity index (χ4v) is 2.71. The summed E-state index contributed by atoms with van der Waals surface area (Å²) in [7, 11) is 0. The number of thiophene rings is 1. The summed E-state index contributed by atoms with van der Waals surface area (Å²) in [4.78, 5) is 8.42. The van der Waals surface area contributed by atoms with Crippen LogP contribution in [0, 0.1) is 0 Å². The lowest BCUT2D eigenvalue weighted by molar-refractivity contribution is 1.11. The van der Waals surface area contributed by atoms with Crippen molar-refractivity contribution >= 4 is 39.0 Å². The lowest BCUT2D eigenvalue weighted by Gasteiger charge is -2.06. The number of aromatic nitrogens is 2. The van der Waals surface area contributed by atoms with E-state index in [1.165, 1.54) is 5.56 Å². The molecule has 0 saturated carbocycles. The van der Waals surface area contributed by atoms with Gasteiger partial charge in [-0.2, -0.15) is 4.98 Å². The highest BCUT2D eigenvalue weighted by Crippen LogP contribution is 2.27. The number of halogens is 1. The maximum Gasteiger partial charge on any atom is 0.224 e. The molecule has 0 aliphatic carbocycles. The molecule has 0 amide bonds. The molecule has 0 radical (unpaired) electrons. The number of hydrogen-bond donors (Lipinski definition) is 1. The number of benzene rings is 1. The van der Waals surface area contributed by atoms with Gasteiger partial charge < -0.3 is 5.32 Å². The van der Waals surface area contributed by atoms with Gasteiger partial charge >= 0.3 is 0 Å². The molecule has 3 aromatic rings.